The number of rotatable bonds is 3. The van der Waals surface area contributed by atoms with Gasteiger partial charge in [0.15, 0.2) is 5.16 Å². The lowest BCUT2D eigenvalue weighted by molar-refractivity contribution is 0.135. The van der Waals surface area contributed by atoms with Gasteiger partial charge < -0.3 is 11.2 Å². The molecule has 5 nitrogen and oxygen atoms in total. The third-order valence-corrected chi connectivity index (χ3v) is 3.89. The first-order chi connectivity index (χ1) is 8.60. The van der Waals surface area contributed by atoms with Gasteiger partial charge in [0.2, 0.25) is 0 Å². The first kappa shape index (κ1) is 13.4. The molecule has 2 rings (SSSR count). The summed E-state index contributed by atoms with van der Waals surface area (Å²) >= 11 is 1.50. The minimum absolute atomic E-state index is 0.508. The van der Waals surface area contributed by atoms with Crippen LogP contribution in [-0.2, 0) is 0 Å². The average Bonchev–Trinajstić information content (AvgIpc) is 2.33. The number of hydrogen-bond donors (Lipinski definition) is 2. The van der Waals surface area contributed by atoms with Crippen LogP contribution in [0, 0.1) is 0 Å². The Morgan fingerprint density at radius 1 is 1.33 bits per heavy atom. The molecule has 0 aromatic carbocycles. The highest BCUT2D eigenvalue weighted by molar-refractivity contribution is 7.98. The predicted octanol–water partition coefficient (Wildman–Crippen LogP) is 2.37. The molecule has 1 fully saturated rings. The second kappa shape index (κ2) is 5.75. The minimum Gasteiger partial charge on any atom is -0.383 e. The highest BCUT2D eigenvalue weighted by Gasteiger charge is 2.25. The van der Waals surface area contributed by atoms with Gasteiger partial charge in [-0.15, -0.1) is 0 Å². The number of nitrogens with two attached hydrogens (primary N) is 1. The molecular weight excluding hydrogens is 246 g/mol. The van der Waals surface area contributed by atoms with Crippen molar-refractivity contribution in [1.29, 1.82) is 0 Å². The Morgan fingerprint density at radius 2 is 2.00 bits per heavy atom. The summed E-state index contributed by atoms with van der Waals surface area (Å²) < 4.78 is 0. The fourth-order valence-corrected chi connectivity index (χ4v) is 2.75. The minimum atomic E-state index is 0.508. The Labute approximate surface area is 113 Å². The van der Waals surface area contributed by atoms with Crippen molar-refractivity contribution in [2.75, 3.05) is 17.4 Å². The SMILES string of the molecule is CSc1nc(N)cc(NN2C(C)CCCC2C)n1. The van der Waals surface area contributed by atoms with Crippen LogP contribution < -0.4 is 11.2 Å². The van der Waals surface area contributed by atoms with Gasteiger partial charge in [-0.2, -0.15) is 0 Å². The van der Waals surface area contributed by atoms with Crippen LogP contribution in [0.4, 0.5) is 11.6 Å². The van der Waals surface area contributed by atoms with E-state index in [1.165, 1.54) is 31.0 Å². The van der Waals surface area contributed by atoms with E-state index < -0.39 is 0 Å². The molecule has 2 heterocycles. The van der Waals surface area contributed by atoms with Gasteiger partial charge in [0, 0.05) is 18.2 Å². The lowest BCUT2D eigenvalue weighted by Crippen LogP contribution is -2.47. The summed E-state index contributed by atoms with van der Waals surface area (Å²) in [5.74, 6) is 1.29. The fourth-order valence-electron chi connectivity index (χ4n) is 2.37. The van der Waals surface area contributed by atoms with Crippen molar-refractivity contribution in [1.82, 2.24) is 15.0 Å². The first-order valence-corrected chi connectivity index (χ1v) is 7.56. The average molecular weight is 267 g/mol. The zero-order chi connectivity index (χ0) is 13.1. The first-order valence-electron chi connectivity index (χ1n) is 6.33. The van der Waals surface area contributed by atoms with Crippen LogP contribution in [0.1, 0.15) is 33.1 Å². The standard InChI is InChI=1S/C12H21N5S/c1-8-5-4-6-9(2)17(8)16-11-7-10(13)14-12(15-11)18-3/h7-9H,4-6H2,1-3H3,(H3,13,14,15,16). The molecule has 0 aliphatic carbocycles. The summed E-state index contributed by atoms with van der Waals surface area (Å²) in [7, 11) is 0. The van der Waals surface area contributed by atoms with Gasteiger partial charge in [0.05, 0.1) is 0 Å². The van der Waals surface area contributed by atoms with Gasteiger partial charge in [-0.3, -0.25) is 0 Å². The molecule has 100 valence electrons. The Bertz CT molecular complexity index is 401. The smallest absolute Gasteiger partial charge is 0.191 e. The van der Waals surface area contributed by atoms with Gasteiger partial charge in [-0.05, 0) is 32.9 Å². The van der Waals surface area contributed by atoms with Crippen LogP contribution in [0.5, 0.6) is 0 Å². The van der Waals surface area contributed by atoms with Crippen molar-refractivity contribution >= 4 is 23.4 Å². The number of anilines is 2. The van der Waals surface area contributed by atoms with Crippen LogP contribution >= 0.6 is 11.8 Å². The number of nitrogens with one attached hydrogen (secondary N) is 1. The van der Waals surface area contributed by atoms with Crippen molar-refractivity contribution in [2.45, 2.75) is 50.4 Å². The molecule has 1 aliphatic rings. The van der Waals surface area contributed by atoms with Crippen LogP contribution in [0.15, 0.2) is 11.2 Å². The summed E-state index contributed by atoms with van der Waals surface area (Å²) in [5.41, 5.74) is 9.17. The molecule has 1 aromatic rings. The number of hydrogen-bond acceptors (Lipinski definition) is 6. The zero-order valence-corrected chi connectivity index (χ0v) is 12.0. The molecule has 1 aromatic heterocycles. The number of thioether (sulfide) groups is 1. The van der Waals surface area contributed by atoms with E-state index in [4.69, 9.17) is 5.73 Å². The third-order valence-electron chi connectivity index (χ3n) is 3.35. The molecule has 3 N–H and O–H groups in total. The molecular formula is C12H21N5S. The van der Waals surface area contributed by atoms with Gasteiger partial charge in [-0.25, -0.2) is 15.0 Å². The van der Waals surface area contributed by atoms with E-state index in [0.717, 1.165) is 5.82 Å². The van der Waals surface area contributed by atoms with Crippen molar-refractivity contribution < 1.29 is 0 Å². The van der Waals surface area contributed by atoms with Gasteiger partial charge in [0.1, 0.15) is 11.6 Å². The molecule has 0 radical (unpaired) electrons. The molecule has 0 bridgehead atoms. The quantitative estimate of drug-likeness (QED) is 0.647. The lowest BCUT2D eigenvalue weighted by Gasteiger charge is -2.39. The Balaban J connectivity index is 2.14. The summed E-state index contributed by atoms with van der Waals surface area (Å²) in [5, 5.41) is 2.98. The molecule has 2 atom stereocenters. The number of hydrazine groups is 1. The van der Waals surface area contributed by atoms with Crippen LogP contribution in [0.25, 0.3) is 0 Å². The topological polar surface area (TPSA) is 67.1 Å². The van der Waals surface area contributed by atoms with Crippen molar-refractivity contribution in [2.24, 2.45) is 0 Å². The lowest BCUT2D eigenvalue weighted by atomic mass is 10.00. The summed E-state index contributed by atoms with van der Waals surface area (Å²) in [4.78, 5) is 8.59. The van der Waals surface area contributed by atoms with Gasteiger partial charge in [-0.1, -0.05) is 18.2 Å². The maximum Gasteiger partial charge on any atom is 0.191 e. The highest BCUT2D eigenvalue weighted by Crippen LogP contribution is 2.24. The third kappa shape index (κ3) is 3.05. The Morgan fingerprint density at radius 3 is 2.61 bits per heavy atom. The van der Waals surface area contributed by atoms with Crippen LogP contribution in [-0.4, -0.2) is 33.3 Å². The zero-order valence-electron chi connectivity index (χ0n) is 11.2. The van der Waals surface area contributed by atoms with E-state index >= 15 is 0 Å². The second-order valence-corrected chi connectivity index (χ2v) is 5.59. The maximum atomic E-state index is 5.79. The summed E-state index contributed by atoms with van der Waals surface area (Å²) in [6, 6.07) is 2.82. The summed E-state index contributed by atoms with van der Waals surface area (Å²) in [6.07, 6.45) is 5.67. The van der Waals surface area contributed by atoms with E-state index in [2.05, 4.69) is 34.3 Å². The van der Waals surface area contributed by atoms with E-state index in [0.29, 0.717) is 23.1 Å². The molecule has 1 saturated heterocycles. The molecule has 18 heavy (non-hydrogen) atoms. The van der Waals surface area contributed by atoms with E-state index in [-0.39, 0.29) is 0 Å². The molecule has 1 aliphatic heterocycles. The molecule has 0 amide bonds. The van der Waals surface area contributed by atoms with Crippen molar-refractivity contribution in [3.8, 4) is 0 Å². The van der Waals surface area contributed by atoms with Crippen molar-refractivity contribution in [3.63, 3.8) is 0 Å². The maximum absolute atomic E-state index is 5.79. The Hall–Kier alpha value is -1.01. The van der Waals surface area contributed by atoms with Gasteiger partial charge in [0.25, 0.3) is 0 Å². The largest absolute Gasteiger partial charge is 0.383 e. The monoisotopic (exact) mass is 267 g/mol. The van der Waals surface area contributed by atoms with Crippen LogP contribution in [0.2, 0.25) is 0 Å². The number of nitrogen functional groups attached to an aromatic ring is 1. The van der Waals surface area contributed by atoms with E-state index in [1.807, 2.05) is 6.26 Å². The number of piperidine rings is 1. The number of nitrogens with zero attached hydrogens (tertiary/aromatic N) is 3. The second-order valence-electron chi connectivity index (χ2n) is 4.81. The van der Waals surface area contributed by atoms with Gasteiger partial charge >= 0.3 is 0 Å². The fraction of sp³-hybridized carbons (Fsp3) is 0.667. The normalized spacial score (nSPS) is 25.1. The molecule has 6 heteroatoms. The van der Waals surface area contributed by atoms with E-state index in [9.17, 15) is 0 Å². The predicted molar refractivity (Wildman–Crippen MR) is 76.5 cm³/mol. The number of aromatic nitrogens is 2. The Kier molecular flexibility index (Phi) is 4.29. The van der Waals surface area contributed by atoms with E-state index in [1.54, 1.807) is 6.07 Å². The highest BCUT2D eigenvalue weighted by atomic mass is 32.2. The van der Waals surface area contributed by atoms with Crippen molar-refractivity contribution in [3.05, 3.63) is 6.07 Å². The summed E-state index contributed by atoms with van der Waals surface area (Å²) in [6.45, 7) is 4.48. The molecule has 2 unspecified atom stereocenters. The molecule has 0 spiro atoms. The molecule has 0 saturated carbocycles. The van der Waals surface area contributed by atoms with Crippen LogP contribution in [0.3, 0.4) is 0 Å².